The summed E-state index contributed by atoms with van der Waals surface area (Å²) in [6, 6.07) is 6.55. The van der Waals surface area contributed by atoms with Gasteiger partial charge in [-0.25, -0.2) is 4.79 Å². The summed E-state index contributed by atoms with van der Waals surface area (Å²) in [6.45, 7) is 6.23. The second-order valence-corrected chi connectivity index (χ2v) is 7.32. The van der Waals surface area contributed by atoms with Crippen molar-refractivity contribution in [3.63, 3.8) is 0 Å². The molecule has 0 saturated heterocycles. The Morgan fingerprint density at radius 3 is 2.44 bits per heavy atom. The zero-order chi connectivity index (χ0) is 18.4. The van der Waals surface area contributed by atoms with Gasteiger partial charge in [-0.05, 0) is 64.0 Å². The number of rotatable bonds is 5. The van der Waals surface area contributed by atoms with Gasteiger partial charge in [-0.2, -0.15) is 0 Å². The Labute approximate surface area is 151 Å². The normalized spacial score (nSPS) is 21.3. The summed E-state index contributed by atoms with van der Waals surface area (Å²) in [5.74, 6) is 0.208. The smallest absolute Gasteiger partial charge is 0.315 e. The van der Waals surface area contributed by atoms with Gasteiger partial charge in [0.05, 0.1) is 0 Å². The summed E-state index contributed by atoms with van der Waals surface area (Å²) in [7, 11) is 1.68. The number of aryl methyl sites for hydroxylation is 2. The van der Waals surface area contributed by atoms with Crippen LogP contribution in [-0.4, -0.2) is 31.1 Å². The van der Waals surface area contributed by atoms with E-state index < -0.39 is 0 Å². The van der Waals surface area contributed by atoms with Crippen molar-refractivity contribution < 1.29 is 9.59 Å². The SMILES string of the molecule is CNC(=O)C1CCC(NC(=O)N[C@@H](C)Cc2ccc(C)cc2C)CC1. The Morgan fingerprint density at radius 2 is 1.84 bits per heavy atom. The molecule has 1 aliphatic rings. The van der Waals surface area contributed by atoms with Gasteiger partial charge >= 0.3 is 6.03 Å². The average Bonchev–Trinajstić information content (AvgIpc) is 2.57. The van der Waals surface area contributed by atoms with Gasteiger partial charge in [0, 0.05) is 25.0 Å². The molecule has 1 aliphatic carbocycles. The molecule has 1 aromatic rings. The standard InChI is InChI=1S/C20H31N3O2/c1-13-5-6-17(14(2)11-13)12-15(3)22-20(25)23-18-9-7-16(8-10-18)19(24)21-4/h5-6,11,15-16,18H,7-10,12H2,1-4H3,(H,21,24)(H2,22,23,25)/t15-,16?,18?/m0/s1. The van der Waals surface area contributed by atoms with Crippen molar-refractivity contribution in [3.05, 3.63) is 34.9 Å². The quantitative estimate of drug-likeness (QED) is 0.768. The van der Waals surface area contributed by atoms with Crippen molar-refractivity contribution in [2.75, 3.05) is 7.05 Å². The number of amides is 3. The Bertz CT molecular complexity index is 607. The lowest BCUT2D eigenvalue weighted by Crippen LogP contribution is -2.47. The largest absolute Gasteiger partial charge is 0.359 e. The first kappa shape index (κ1) is 19.3. The maximum atomic E-state index is 12.2. The molecule has 0 unspecified atom stereocenters. The van der Waals surface area contributed by atoms with E-state index in [-0.39, 0.29) is 29.9 Å². The minimum atomic E-state index is -0.111. The highest BCUT2D eigenvalue weighted by atomic mass is 16.2. The first-order valence-electron chi connectivity index (χ1n) is 9.23. The van der Waals surface area contributed by atoms with Crippen LogP contribution in [0.2, 0.25) is 0 Å². The van der Waals surface area contributed by atoms with E-state index in [0.717, 1.165) is 32.1 Å². The van der Waals surface area contributed by atoms with Crippen molar-refractivity contribution >= 4 is 11.9 Å². The van der Waals surface area contributed by atoms with Crippen LogP contribution < -0.4 is 16.0 Å². The molecule has 5 heteroatoms. The van der Waals surface area contributed by atoms with Gasteiger partial charge in [-0.3, -0.25) is 4.79 Å². The molecule has 3 amide bonds. The van der Waals surface area contributed by atoms with Gasteiger partial charge in [0.2, 0.25) is 5.91 Å². The maximum Gasteiger partial charge on any atom is 0.315 e. The van der Waals surface area contributed by atoms with E-state index in [9.17, 15) is 9.59 Å². The maximum absolute atomic E-state index is 12.2. The lowest BCUT2D eigenvalue weighted by molar-refractivity contribution is -0.125. The predicted octanol–water partition coefficient (Wildman–Crippen LogP) is 2.84. The zero-order valence-corrected chi connectivity index (χ0v) is 15.8. The minimum Gasteiger partial charge on any atom is -0.359 e. The van der Waals surface area contributed by atoms with Crippen LogP contribution in [-0.2, 0) is 11.2 Å². The predicted molar refractivity (Wildman–Crippen MR) is 101 cm³/mol. The van der Waals surface area contributed by atoms with E-state index in [4.69, 9.17) is 0 Å². The number of hydrogen-bond donors (Lipinski definition) is 3. The highest BCUT2D eigenvalue weighted by molar-refractivity contribution is 5.78. The molecule has 0 aliphatic heterocycles. The highest BCUT2D eigenvalue weighted by Gasteiger charge is 2.26. The summed E-state index contributed by atoms with van der Waals surface area (Å²) < 4.78 is 0. The van der Waals surface area contributed by atoms with Crippen LogP contribution >= 0.6 is 0 Å². The molecule has 3 N–H and O–H groups in total. The van der Waals surface area contributed by atoms with Crippen LogP contribution in [0.25, 0.3) is 0 Å². The lowest BCUT2D eigenvalue weighted by atomic mass is 9.85. The van der Waals surface area contributed by atoms with Crippen LogP contribution in [0.4, 0.5) is 4.79 Å². The number of carbonyl (C=O) groups is 2. The minimum absolute atomic E-state index is 0.0728. The van der Waals surface area contributed by atoms with Crippen molar-refractivity contribution in [2.45, 2.75) is 65.0 Å². The van der Waals surface area contributed by atoms with Gasteiger partial charge in [0.25, 0.3) is 0 Å². The molecule has 0 aromatic heterocycles. The van der Waals surface area contributed by atoms with Crippen LogP contribution in [0.1, 0.15) is 49.3 Å². The Hall–Kier alpha value is -2.04. The van der Waals surface area contributed by atoms with E-state index in [1.54, 1.807) is 7.05 Å². The molecule has 1 saturated carbocycles. The highest BCUT2D eigenvalue weighted by Crippen LogP contribution is 2.24. The van der Waals surface area contributed by atoms with E-state index in [1.807, 2.05) is 6.92 Å². The first-order valence-corrected chi connectivity index (χ1v) is 9.23. The van der Waals surface area contributed by atoms with Crippen molar-refractivity contribution in [1.29, 1.82) is 0 Å². The van der Waals surface area contributed by atoms with Gasteiger partial charge < -0.3 is 16.0 Å². The fourth-order valence-corrected chi connectivity index (χ4v) is 3.61. The van der Waals surface area contributed by atoms with Crippen molar-refractivity contribution in [3.8, 4) is 0 Å². The molecule has 0 radical (unpaired) electrons. The second-order valence-electron chi connectivity index (χ2n) is 7.32. The number of urea groups is 1. The Balaban J connectivity index is 1.75. The Morgan fingerprint density at radius 1 is 1.16 bits per heavy atom. The molecular formula is C20H31N3O2. The van der Waals surface area contributed by atoms with E-state index in [2.05, 4.69) is 48.0 Å². The number of hydrogen-bond acceptors (Lipinski definition) is 2. The van der Waals surface area contributed by atoms with Crippen molar-refractivity contribution in [1.82, 2.24) is 16.0 Å². The number of nitrogens with one attached hydrogen (secondary N) is 3. The fraction of sp³-hybridized carbons (Fsp3) is 0.600. The molecule has 5 nitrogen and oxygen atoms in total. The van der Waals surface area contributed by atoms with E-state index in [0.29, 0.717) is 0 Å². The van der Waals surface area contributed by atoms with Crippen LogP contribution in [0.15, 0.2) is 18.2 Å². The number of benzene rings is 1. The van der Waals surface area contributed by atoms with Gasteiger partial charge in [0.15, 0.2) is 0 Å². The third kappa shape index (κ3) is 5.76. The monoisotopic (exact) mass is 345 g/mol. The second kappa shape index (κ2) is 8.88. The molecular weight excluding hydrogens is 314 g/mol. The lowest BCUT2D eigenvalue weighted by Gasteiger charge is -2.28. The van der Waals surface area contributed by atoms with Crippen LogP contribution in [0, 0.1) is 19.8 Å². The summed E-state index contributed by atoms with van der Waals surface area (Å²) in [6.07, 6.45) is 4.21. The van der Waals surface area contributed by atoms with Crippen molar-refractivity contribution in [2.24, 2.45) is 5.92 Å². The van der Waals surface area contributed by atoms with E-state index in [1.165, 1.54) is 16.7 Å². The summed E-state index contributed by atoms with van der Waals surface area (Å²) in [5.41, 5.74) is 3.79. The van der Waals surface area contributed by atoms with Gasteiger partial charge in [0.1, 0.15) is 0 Å². The average molecular weight is 345 g/mol. The molecule has 25 heavy (non-hydrogen) atoms. The zero-order valence-electron chi connectivity index (χ0n) is 15.8. The molecule has 0 heterocycles. The topological polar surface area (TPSA) is 70.2 Å². The summed E-state index contributed by atoms with van der Waals surface area (Å²) in [5, 5.41) is 8.80. The molecule has 138 valence electrons. The molecule has 0 bridgehead atoms. The number of carbonyl (C=O) groups excluding carboxylic acids is 2. The van der Waals surface area contributed by atoms with Gasteiger partial charge in [-0.15, -0.1) is 0 Å². The third-order valence-electron chi connectivity index (χ3n) is 5.08. The molecule has 1 atom stereocenters. The van der Waals surface area contributed by atoms with Crippen LogP contribution in [0.3, 0.4) is 0 Å². The molecule has 0 spiro atoms. The molecule has 1 fully saturated rings. The summed E-state index contributed by atoms with van der Waals surface area (Å²) >= 11 is 0. The summed E-state index contributed by atoms with van der Waals surface area (Å²) in [4.78, 5) is 23.9. The fourth-order valence-electron chi connectivity index (χ4n) is 3.61. The van der Waals surface area contributed by atoms with Gasteiger partial charge in [-0.1, -0.05) is 23.8 Å². The third-order valence-corrected chi connectivity index (χ3v) is 5.08. The van der Waals surface area contributed by atoms with E-state index >= 15 is 0 Å². The van der Waals surface area contributed by atoms with Crippen LogP contribution in [0.5, 0.6) is 0 Å². The molecule has 1 aromatic carbocycles. The first-order chi connectivity index (χ1) is 11.9. The Kier molecular flexibility index (Phi) is 6.85. The molecule has 2 rings (SSSR count).